The Hall–Kier alpha value is 0.0169. The van der Waals surface area contributed by atoms with E-state index in [4.69, 9.17) is 8.85 Å². The second-order valence-electron chi connectivity index (χ2n) is 8.61. The monoisotopic (exact) mass is 417 g/mol. The Balaban J connectivity index is 5.48. The summed E-state index contributed by atoms with van der Waals surface area (Å²) in [4.78, 5) is 7.37. The number of hydrogen-bond donors (Lipinski definition) is 0. The van der Waals surface area contributed by atoms with Crippen molar-refractivity contribution in [1.29, 1.82) is 0 Å². The predicted octanol–water partition coefficient (Wildman–Crippen LogP) is 4.14. The van der Waals surface area contributed by atoms with Gasteiger partial charge in [0, 0.05) is 14.2 Å². The maximum atomic E-state index is 5.96. The highest BCUT2D eigenvalue weighted by molar-refractivity contribution is 6.67. The summed E-state index contributed by atoms with van der Waals surface area (Å²) in [7, 11) is 8.38. The molecule has 0 radical (unpaired) electrons. The highest BCUT2D eigenvalue weighted by Crippen LogP contribution is 2.39. The Morgan fingerprint density at radius 3 is 1.25 bits per heavy atom. The first-order chi connectivity index (χ1) is 13.3. The van der Waals surface area contributed by atoms with Gasteiger partial charge in [-0.3, -0.25) is 0 Å². The Morgan fingerprint density at radius 2 is 1.00 bits per heavy atom. The lowest BCUT2D eigenvalue weighted by atomic mass is 9.75. The van der Waals surface area contributed by atoms with Crippen molar-refractivity contribution in [2.45, 2.75) is 65.5 Å². The van der Waals surface area contributed by atoms with Gasteiger partial charge in [0.1, 0.15) is 0 Å². The summed E-state index contributed by atoms with van der Waals surface area (Å²) < 4.78 is 11.9. The summed E-state index contributed by atoms with van der Waals surface area (Å²) in [6.45, 7) is 15.8. The fraction of sp³-hybridized carbons (Fsp3) is 1.00. The molecule has 28 heavy (non-hydrogen) atoms. The normalized spacial score (nSPS) is 13.3. The van der Waals surface area contributed by atoms with E-state index in [1.54, 1.807) is 0 Å². The van der Waals surface area contributed by atoms with E-state index < -0.39 is 8.56 Å². The average Bonchev–Trinajstić information content (AvgIpc) is 2.74. The van der Waals surface area contributed by atoms with E-state index in [0.29, 0.717) is 5.41 Å². The van der Waals surface area contributed by atoms with Gasteiger partial charge in [0.05, 0.1) is 0 Å². The number of nitrogens with zero attached hydrogens (tertiary/aromatic N) is 3. The molecule has 0 aromatic heterocycles. The van der Waals surface area contributed by atoms with E-state index >= 15 is 0 Å². The molecule has 6 heteroatoms. The molecule has 0 atom stereocenters. The molecule has 0 aromatic rings. The molecule has 0 aliphatic rings. The first-order valence-corrected chi connectivity index (χ1v) is 13.6. The zero-order valence-electron chi connectivity index (χ0n) is 20.6. The summed E-state index contributed by atoms with van der Waals surface area (Å²) in [5.74, 6) is 0. The Bertz CT molecular complexity index is 336. The molecule has 0 bridgehead atoms. The SMILES string of the molecule is CCN(C)CCC(CCN(C)CC)(CCN(C)CC)CC[Si](CC)(OC)OC. The van der Waals surface area contributed by atoms with Gasteiger partial charge in [0.15, 0.2) is 0 Å². The van der Waals surface area contributed by atoms with Crippen molar-refractivity contribution in [2.75, 3.05) is 74.6 Å². The third kappa shape index (κ3) is 10.2. The van der Waals surface area contributed by atoms with Crippen LogP contribution in [0.25, 0.3) is 0 Å². The van der Waals surface area contributed by atoms with Gasteiger partial charge in [0.25, 0.3) is 0 Å². The molecule has 0 N–H and O–H groups in total. The van der Waals surface area contributed by atoms with Gasteiger partial charge in [0.2, 0.25) is 0 Å². The van der Waals surface area contributed by atoms with Crippen LogP contribution in [0.5, 0.6) is 0 Å². The molecule has 0 saturated carbocycles. The molecular formula is C22H51N3O2Si. The molecule has 0 aliphatic carbocycles. The third-order valence-electron chi connectivity index (χ3n) is 7.01. The van der Waals surface area contributed by atoms with Crippen LogP contribution >= 0.6 is 0 Å². The minimum absolute atomic E-state index is 0.348. The second kappa shape index (κ2) is 14.9. The topological polar surface area (TPSA) is 28.2 Å². The number of hydrogen-bond acceptors (Lipinski definition) is 5. The first kappa shape index (κ1) is 28.0. The molecule has 0 fully saturated rings. The van der Waals surface area contributed by atoms with E-state index in [9.17, 15) is 0 Å². The summed E-state index contributed by atoms with van der Waals surface area (Å²) in [5, 5.41) is 0. The van der Waals surface area contributed by atoms with E-state index in [-0.39, 0.29) is 0 Å². The van der Waals surface area contributed by atoms with Crippen LogP contribution in [-0.2, 0) is 8.85 Å². The highest BCUT2D eigenvalue weighted by atomic mass is 28.4. The van der Waals surface area contributed by atoms with Crippen molar-refractivity contribution in [3.63, 3.8) is 0 Å². The van der Waals surface area contributed by atoms with Crippen LogP contribution in [0, 0.1) is 5.41 Å². The number of rotatable bonds is 18. The summed E-state index contributed by atoms with van der Waals surface area (Å²) in [6.07, 6.45) is 4.98. The van der Waals surface area contributed by atoms with Gasteiger partial charge in [-0.25, -0.2) is 0 Å². The molecule has 0 saturated heterocycles. The zero-order chi connectivity index (χ0) is 21.6. The molecular weight excluding hydrogens is 366 g/mol. The fourth-order valence-corrected chi connectivity index (χ4v) is 6.13. The van der Waals surface area contributed by atoms with E-state index in [2.05, 4.69) is 63.5 Å². The molecule has 0 heterocycles. The Kier molecular flexibility index (Phi) is 14.9. The van der Waals surface area contributed by atoms with Crippen molar-refractivity contribution in [3.8, 4) is 0 Å². The van der Waals surface area contributed by atoms with Gasteiger partial charge in [-0.1, -0.05) is 27.7 Å². The van der Waals surface area contributed by atoms with Crippen molar-refractivity contribution in [1.82, 2.24) is 14.7 Å². The van der Waals surface area contributed by atoms with Crippen molar-refractivity contribution in [3.05, 3.63) is 0 Å². The maximum absolute atomic E-state index is 5.96. The first-order valence-electron chi connectivity index (χ1n) is 11.4. The fourth-order valence-electron chi connectivity index (χ4n) is 3.72. The molecule has 0 spiro atoms. The average molecular weight is 418 g/mol. The van der Waals surface area contributed by atoms with Crippen LogP contribution in [0.15, 0.2) is 0 Å². The van der Waals surface area contributed by atoms with Crippen molar-refractivity contribution in [2.24, 2.45) is 5.41 Å². The van der Waals surface area contributed by atoms with Gasteiger partial charge in [-0.05, 0) is 104 Å². The lowest BCUT2D eigenvalue weighted by Crippen LogP contribution is -2.42. The molecule has 0 amide bonds. The lowest BCUT2D eigenvalue weighted by Gasteiger charge is -2.40. The summed E-state index contributed by atoms with van der Waals surface area (Å²) in [5.41, 5.74) is 0.348. The van der Waals surface area contributed by atoms with Gasteiger partial charge in [-0.2, -0.15) is 0 Å². The van der Waals surface area contributed by atoms with Crippen molar-refractivity contribution < 1.29 is 8.85 Å². The molecule has 0 aromatic carbocycles. The van der Waals surface area contributed by atoms with Crippen LogP contribution in [-0.4, -0.2) is 97.9 Å². The van der Waals surface area contributed by atoms with Crippen LogP contribution < -0.4 is 0 Å². The van der Waals surface area contributed by atoms with Crippen LogP contribution in [0.2, 0.25) is 12.1 Å². The van der Waals surface area contributed by atoms with Gasteiger partial charge < -0.3 is 23.6 Å². The molecule has 170 valence electrons. The predicted molar refractivity (Wildman–Crippen MR) is 125 cm³/mol. The summed E-state index contributed by atoms with van der Waals surface area (Å²) >= 11 is 0. The quantitative estimate of drug-likeness (QED) is 0.313. The van der Waals surface area contributed by atoms with E-state index in [1.807, 2.05) is 14.2 Å². The molecule has 0 rings (SSSR count). The Morgan fingerprint density at radius 1 is 0.643 bits per heavy atom. The minimum Gasteiger partial charge on any atom is -0.398 e. The summed E-state index contributed by atoms with van der Waals surface area (Å²) in [6, 6.07) is 2.12. The van der Waals surface area contributed by atoms with Crippen LogP contribution in [0.4, 0.5) is 0 Å². The molecule has 5 nitrogen and oxygen atoms in total. The van der Waals surface area contributed by atoms with Crippen LogP contribution in [0.1, 0.15) is 53.4 Å². The zero-order valence-corrected chi connectivity index (χ0v) is 21.6. The van der Waals surface area contributed by atoms with Crippen molar-refractivity contribution >= 4 is 8.56 Å². The smallest absolute Gasteiger partial charge is 0.337 e. The Labute approximate surface area is 178 Å². The largest absolute Gasteiger partial charge is 0.398 e. The van der Waals surface area contributed by atoms with Gasteiger partial charge >= 0.3 is 8.56 Å². The van der Waals surface area contributed by atoms with Gasteiger partial charge in [-0.15, -0.1) is 0 Å². The standard InChI is InChI=1S/C22H51N3O2Si/c1-10-23(5)18-14-22(15-19-24(6)11-2,16-20-25(7)12-3)17-21-28(13-4,26-8)27-9/h10-21H2,1-9H3. The van der Waals surface area contributed by atoms with Crippen LogP contribution in [0.3, 0.4) is 0 Å². The second-order valence-corrected chi connectivity index (χ2v) is 12.5. The third-order valence-corrected chi connectivity index (χ3v) is 10.6. The maximum Gasteiger partial charge on any atom is 0.337 e. The van der Waals surface area contributed by atoms with E-state index in [0.717, 1.165) is 31.7 Å². The molecule has 0 aliphatic heterocycles. The lowest BCUT2D eigenvalue weighted by molar-refractivity contribution is 0.131. The molecule has 0 unspecified atom stereocenters. The van der Waals surface area contributed by atoms with E-state index in [1.165, 1.54) is 45.3 Å². The highest BCUT2D eigenvalue weighted by Gasteiger charge is 2.38. The minimum atomic E-state index is -2.06.